The molecule has 1 aliphatic rings. The molecule has 2 N–H and O–H groups in total. The maximum atomic E-state index is 12.8. The Balaban J connectivity index is 1.86. The van der Waals surface area contributed by atoms with Gasteiger partial charge in [0.2, 0.25) is 0 Å². The highest BCUT2D eigenvalue weighted by Gasteiger charge is 2.17. The average Bonchev–Trinajstić information content (AvgIpc) is 3.00. The molecule has 3 rings (SSSR count). The molecule has 4 heteroatoms. The van der Waals surface area contributed by atoms with Crippen LogP contribution in [0, 0.1) is 5.82 Å². The van der Waals surface area contributed by atoms with Gasteiger partial charge in [-0.15, -0.1) is 11.3 Å². The molecule has 0 spiro atoms. The molecule has 0 radical (unpaired) electrons. The molecule has 0 saturated heterocycles. The molecule has 2 nitrogen and oxygen atoms in total. The topological polar surface area (TPSA) is 24.1 Å². The second-order valence-electron chi connectivity index (χ2n) is 3.85. The Labute approximate surface area is 103 Å². The second-order valence-corrected chi connectivity index (χ2v) is 4.83. The summed E-state index contributed by atoms with van der Waals surface area (Å²) in [5, 5.41) is 2.06. The van der Waals surface area contributed by atoms with Gasteiger partial charge >= 0.3 is 0 Å². The highest BCUT2D eigenvalue weighted by atomic mass is 32.1. The molecule has 0 saturated carbocycles. The summed E-state index contributed by atoms with van der Waals surface area (Å²) in [5.74, 6) is -0.213. The van der Waals surface area contributed by atoms with Gasteiger partial charge in [0.05, 0.1) is 11.7 Å². The van der Waals surface area contributed by atoms with Crippen LogP contribution in [-0.4, -0.2) is 0 Å². The van der Waals surface area contributed by atoms with Crippen LogP contribution in [0.5, 0.6) is 0 Å². The molecule has 2 aromatic rings. The first-order valence-corrected chi connectivity index (χ1v) is 6.23. The smallest absolute Gasteiger partial charge is 0.123 e. The van der Waals surface area contributed by atoms with Crippen LogP contribution in [0.15, 0.2) is 47.9 Å². The van der Waals surface area contributed by atoms with Gasteiger partial charge in [-0.25, -0.2) is 9.82 Å². The summed E-state index contributed by atoms with van der Waals surface area (Å²) in [7, 11) is 0. The minimum atomic E-state index is -0.213. The first kappa shape index (κ1) is 10.5. The van der Waals surface area contributed by atoms with Gasteiger partial charge in [0.25, 0.3) is 0 Å². The lowest BCUT2D eigenvalue weighted by atomic mass is 10.1. The maximum Gasteiger partial charge on any atom is 0.123 e. The Kier molecular flexibility index (Phi) is 2.66. The minimum Gasteiger partial charge on any atom is -0.320 e. The normalized spacial score (nSPS) is 18.9. The van der Waals surface area contributed by atoms with Crippen molar-refractivity contribution in [2.24, 2.45) is 0 Å². The van der Waals surface area contributed by atoms with E-state index >= 15 is 0 Å². The van der Waals surface area contributed by atoms with E-state index in [1.165, 1.54) is 17.0 Å². The standard InChI is InChI=1S/C13H11FN2S/c14-10-5-3-9(4-6-10)11-8-12(16-15-11)13-2-1-7-17-13/h1-8,12,15-16H. The quantitative estimate of drug-likeness (QED) is 0.851. The van der Waals surface area contributed by atoms with Crippen molar-refractivity contribution >= 4 is 17.0 Å². The number of hydrogen-bond donors (Lipinski definition) is 2. The molecule has 0 fully saturated rings. The number of thiophene rings is 1. The van der Waals surface area contributed by atoms with Gasteiger partial charge in [0.1, 0.15) is 5.82 Å². The fraction of sp³-hybridized carbons (Fsp3) is 0.0769. The molecule has 0 bridgehead atoms. The summed E-state index contributed by atoms with van der Waals surface area (Å²) in [6.45, 7) is 0. The molecule has 0 amide bonds. The van der Waals surface area contributed by atoms with Gasteiger partial charge in [0.15, 0.2) is 0 Å². The fourth-order valence-electron chi connectivity index (χ4n) is 1.82. The third kappa shape index (κ3) is 2.09. The van der Waals surface area contributed by atoms with Gasteiger partial charge in [-0.3, -0.25) is 0 Å². The van der Waals surface area contributed by atoms with E-state index in [4.69, 9.17) is 0 Å². The Bertz CT molecular complexity index is 531. The molecule has 1 aromatic carbocycles. The van der Waals surface area contributed by atoms with E-state index in [0.29, 0.717) is 0 Å². The predicted molar refractivity (Wildman–Crippen MR) is 67.7 cm³/mol. The van der Waals surface area contributed by atoms with Crippen LogP contribution in [0.1, 0.15) is 16.5 Å². The number of hydrogen-bond acceptors (Lipinski definition) is 3. The molecular weight excluding hydrogens is 235 g/mol. The Morgan fingerprint density at radius 3 is 2.65 bits per heavy atom. The summed E-state index contributed by atoms with van der Waals surface area (Å²) in [4.78, 5) is 1.26. The summed E-state index contributed by atoms with van der Waals surface area (Å²) >= 11 is 1.71. The van der Waals surface area contributed by atoms with Crippen LogP contribution < -0.4 is 10.9 Å². The second kappa shape index (κ2) is 4.31. The van der Waals surface area contributed by atoms with E-state index in [0.717, 1.165) is 11.3 Å². The van der Waals surface area contributed by atoms with Crippen molar-refractivity contribution in [1.82, 2.24) is 10.9 Å². The Hall–Kier alpha value is -1.65. The van der Waals surface area contributed by atoms with Gasteiger partial charge in [-0.2, -0.15) is 0 Å². The van der Waals surface area contributed by atoms with Crippen LogP contribution in [0.4, 0.5) is 4.39 Å². The highest BCUT2D eigenvalue weighted by molar-refractivity contribution is 7.10. The SMILES string of the molecule is Fc1ccc(C2=CC(c3cccs3)NN2)cc1. The van der Waals surface area contributed by atoms with E-state index in [1.807, 2.05) is 6.07 Å². The molecule has 1 aromatic heterocycles. The number of hydrazine groups is 1. The van der Waals surface area contributed by atoms with E-state index in [-0.39, 0.29) is 11.9 Å². The van der Waals surface area contributed by atoms with E-state index in [2.05, 4.69) is 28.4 Å². The number of rotatable bonds is 2. The monoisotopic (exact) mass is 246 g/mol. The Morgan fingerprint density at radius 1 is 1.12 bits per heavy atom. The summed E-state index contributed by atoms with van der Waals surface area (Å²) in [5.41, 5.74) is 8.30. The van der Waals surface area contributed by atoms with Crippen LogP contribution in [0.3, 0.4) is 0 Å². The van der Waals surface area contributed by atoms with Crippen LogP contribution >= 0.6 is 11.3 Å². The Morgan fingerprint density at radius 2 is 1.94 bits per heavy atom. The van der Waals surface area contributed by atoms with Crippen molar-refractivity contribution in [2.75, 3.05) is 0 Å². The maximum absolute atomic E-state index is 12.8. The largest absolute Gasteiger partial charge is 0.320 e. The summed E-state index contributed by atoms with van der Waals surface area (Å²) in [6.07, 6.45) is 2.11. The van der Waals surface area contributed by atoms with Crippen LogP contribution in [0.25, 0.3) is 5.70 Å². The van der Waals surface area contributed by atoms with Crippen molar-refractivity contribution in [1.29, 1.82) is 0 Å². The number of halogens is 1. The van der Waals surface area contributed by atoms with Crippen molar-refractivity contribution < 1.29 is 4.39 Å². The minimum absolute atomic E-state index is 0.190. The highest BCUT2D eigenvalue weighted by Crippen LogP contribution is 2.26. The van der Waals surface area contributed by atoms with Gasteiger partial charge in [-0.05, 0) is 47.4 Å². The molecule has 0 aliphatic carbocycles. The first-order chi connectivity index (χ1) is 8.33. The van der Waals surface area contributed by atoms with Gasteiger partial charge in [0, 0.05) is 4.88 Å². The summed E-state index contributed by atoms with van der Waals surface area (Å²) < 4.78 is 12.8. The molecule has 86 valence electrons. The first-order valence-electron chi connectivity index (χ1n) is 5.35. The third-order valence-corrected chi connectivity index (χ3v) is 3.66. The molecule has 17 heavy (non-hydrogen) atoms. The molecule has 1 atom stereocenters. The van der Waals surface area contributed by atoms with Crippen molar-refractivity contribution in [3.63, 3.8) is 0 Å². The molecule has 1 unspecified atom stereocenters. The third-order valence-electron chi connectivity index (χ3n) is 2.70. The zero-order valence-corrected chi connectivity index (χ0v) is 9.80. The van der Waals surface area contributed by atoms with Crippen molar-refractivity contribution in [2.45, 2.75) is 6.04 Å². The van der Waals surface area contributed by atoms with E-state index < -0.39 is 0 Å². The van der Waals surface area contributed by atoms with Gasteiger partial charge in [-0.1, -0.05) is 6.07 Å². The lowest BCUT2D eigenvalue weighted by molar-refractivity contribution is 0.621. The summed E-state index contributed by atoms with van der Waals surface area (Å²) in [6, 6.07) is 10.8. The lowest BCUT2D eigenvalue weighted by Gasteiger charge is -2.06. The van der Waals surface area contributed by atoms with Crippen molar-refractivity contribution in [3.8, 4) is 0 Å². The van der Waals surface area contributed by atoms with E-state index in [9.17, 15) is 4.39 Å². The molecule has 2 heterocycles. The number of benzene rings is 1. The van der Waals surface area contributed by atoms with Crippen molar-refractivity contribution in [3.05, 3.63) is 64.1 Å². The lowest BCUT2D eigenvalue weighted by Crippen LogP contribution is -2.25. The average molecular weight is 246 g/mol. The number of nitrogens with one attached hydrogen (secondary N) is 2. The molecular formula is C13H11FN2S. The zero-order chi connectivity index (χ0) is 11.7. The van der Waals surface area contributed by atoms with Crippen LogP contribution in [-0.2, 0) is 0 Å². The fourth-order valence-corrected chi connectivity index (χ4v) is 2.57. The van der Waals surface area contributed by atoms with Gasteiger partial charge < -0.3 is 5.43 Å². The predicted octanol–water partition coefficient (Wildman–Crippen LogP) is 3.08. The molecule has 1 aliphatic heterocycles. The van der Waals surface area contributed by atoms with Crippen LogP contribution in [0.2, 0.25) is 0 Å². The van der Waals surface area contributed by atoms with E-state index in [1.54, 1.807) is 23.5 Å². The zero-order valence-electron chi connectivity index (χ0n) is 8.98.